The second-order valence-corrected chi connectivity index (χ2v) is 9.07. The molecule has 0 aliphatic carbocycles. The number of carbonyl (C=O) groups is 2. The summed E-state index contributed by atoms with van der Waals surface area (Å²) in [5.74, 6) is -3.68. The van der Waals surface area contributed by atoms with Gasteiger partial charge in [0.1, 0.15) is 18.2 Å². The highest BCUT2D eigenvalue weighted by molar-refractivity contribution is 5.88. The van der Waals surface area contributed by atoms with Crippen molar-refractivity contribution < 1.29 is 31.5 Å². The molecular weight excluding hydrogens is 501 g/mol. The summed E-state index contributed by atoms with van der Waals surface area (Å²) >= 11 is 0. The number of Topliss-reactive ketones (excluding diaryl/α,β-unsaturated/α-hetero) is 1. The number of alkyl halides is 3. The zero-order valence-corrected chi connectivity index (χ0v) is 19.6. The van der Waals surface area contributed by atoms with Gasteiger partial charge in [0.15, 0.2) is 17.4 Å². The fourth-order valence-electron chi connectivity index (χ4n) is 4.96. The third kappa shape index (κ3) is 5.58. The van der Waals surface area contributed by atoms with Gasteiger partial charge in [-0.05, 0) is 37.5 Å². The third-order valence-corrected chi connectivity index (χ3v) is 6.73. The van der Waals surface area contributed by atoms with Crippen molar-refractivity contribution in [3.05, 3.63) is 41.7 Å². The summed E-state index contributed by atoms with van der Waals surface area (Å²) in [7, 11) is 0. The topological polar surface area (TPSA) is 130 Å². The fraction of sp³-hybridized carbons (Fsp3) is 0.478. The number of carbonyl (C=O) groups excluding carboxylic acids is 2. The van der Waals surface area contributed by atoms with Crippen LogP contribution in [0.25, 0.3) is 0 Å². The molecule has 1 aromatic heterocycles. The Balaban J connectivity index is 1.59. The van der Waals surface area contributed by atoms with Crippen LogP contribution in [0.15, 0.2) is 24.5 Å². The quantitative estimate of drug-likeness (QED) is 0.488. The van der Waals surface area contributed by atoms with E-state index in [4.69, 9.17) is 11.5 Å². The van der Waals surface area contributed by atoms with Crippen LogP contribution in [-0.2, 0) is 15.8 Å². The Kier molecular flexibility index (Phi) is 7.48. The van der Waals surface area contributed by atoms with Crippen LogP contribution in [0, 0.1) is 17.6 Å². The van der Waals surface area contributed by atoms with Crippen molar-refractivity contribution in [3.63, 3.8) is 0 Å². The molecule has 0 saturated carbocycles. The summed E-state index contributed by atoms with van der Waals surface area (Å²) in [6.45, 7) is 0.340. The molecule has 3 heterocycles. The predicted molar refractivity (Wildman–Crippen MR) is 124 cm³/mol. The number of rotatable bonds is 6. The Bertz CT molecular complexity index is 1180. The molecule has 0 bridgehead atoms. The average Bonchev–Trinajstić information content (AvgIpc) is 2.85. The van der Waals surface area contributed by atoms with Crippen molar-refractivity contribution in [2.75, 3.05) is 42.1 Å². The first-order valence-electron chi connectivity index (χ1n) is 11.7. The minimum absolute atomic E-state index is 0.0560. The molecule has 0 radical (unpaired) electrons. The molecule has 2 aromatic rings. The number of amides is 1. The second-order valence-electron chi connectivity index (χ2n) is 9.07. The van der Waals surface area contributed by atoms with E-state index in [2.05, 4.69) is 15.3 Å². The maximum atomic E-state index is 14.6. The smallest absolute Gasteiger partial charge is 0.381 e. The van der Waals surface area contributed by atoms with Crippen LogP contribution in [0.3, 0.4) is 0 Å². The number of anilines is 3. The standard InChI is InChI=1S/C23H26F5N7O2/c24-13-6-12(23(26,27)28)7-14(8-13)33-16-2-1-4-35(22(16)37)17-10-34(5-3-15(17)18(36)9-29)21-19(25)20(30)31-11-32-21/h6-8,11,15-17,33H,1-5,9-10,29H2,(H2,30,31,32)/t15-,16+,17-/m0/s1. The molecule has 2 fully saturated rings. The zero-order valence-electron chi connectivity index (χ0n) is 19.6. The van der Waals surface area contributed by atoms with Gasteiger partial charge in [-0.1, -0.05) is 0 Å². The van der Waals surface area contributed by atoms with E-state index in [9.17, 15) is 31.5 Å². The van der Waals surface area contributed by atoms with E-state index in [1.165, 1.54) is 4.90 Å². The summed E-state index contributed by atoms with van der Waals surface area (Å²) in [5.41, 5.74) is 9.81. The number of hydrogen-bond donors (Lipinski definition) is 3. The number of nitrogen functional groups attached to an aromatic ring is 1. The summed E-state index contributed by atoms with van der Waals surface area (Å²) in [6.07, 6.45) is -2.62. The van der Waals surface area contributed by atoms with E-state index < -0.39 is 47.3 Å². The number of likely N-dealkylation sites (tertiary alicyclic amines) is 1. The maximum Gasteiger partial charge on any atom is 0.416 e. The van der Waals surface area contributed by atoms with Gasteiger partial charge in [0.05, 0.1) is 18.2 Å². The number of ketones is 1. The van der Waals surface area contributed by atoms with Gasteiger partial charge >= 0.3 is 6.18 Å². The van der Waals surface area contributed by atoms with Crippen LogP contribution in [-0.4, -0.2) is 64.8 Å². The highest BCUT2D eigenvalue weighted by Crippen LogP contribution is 2.34. The van der Waals surface area contributed by atoms with Crippen LogP contribution in [0.2, 0.25) is 0 Å². The largest absolute Gasteiger partial charge is 0.416 e. The minimum Gasteiger partial charge on any atom is -0.381 e. The molecule has 1 amide bonds. The molecule has 2 saturated heterocycles. The Morgan fingerprint density at radius 3 is 2.59 bits per heavy atom. The van der Waals surface area contributed by atoms with Gasteiger partial charge in [-0.3, -0.25) is 9.59 Å². The van der Waals surface area contributed by atoms with Crippen LogP contribution >= 0.6 is 0 Å². The molecule has 14 heteroatoms. The molecule has 0 spiro atoms. The number of hydrogen-bond acceptors (Lipinski definition) is 8. The minimum atomic E-state index is -4.76. The Hall–Kier alpha value is -3.55. The number of aromatic nitrogens is 2. The number of halogens is 5. The zero-order chi connectivity index (χ0) is 26.9. The molecule has 2 aliphatic rings. The van der Waals surface area contributed by atoms with Gasteiger partial charge in [0.2, 0.25) is 11.7 Å². The lowest BCUT2D eigenvalue weighted by molar-refractivity contribution is -0.140. The highest BCUT2D eigenvalue weighted by atomic mass is 19.4. The number of nitrogens with one attached hydrogen (secondary N) is 1. The van der Waals surface area contributed by atoms with E-state index in [1.54, 1.807) is 4.90 Å². The van der Waals surface area contributed by atoms with Crippen LogP contribution in [0.5, 0.6) is 0 Å². The molecule has 37 heavy (non-hydrogen) atoms. The summed E-state index contributed by atoms with van der Waals surface area (Å²) in [4.78, 5) is 36.8. The number of benzene rings is 1. The molecule has 9 nitrogen and oxygen atoms in total. The highest BCUT2D eigenvalue weighted by Gasteiger charge is 2.43. The predicted octanol–water partition coefficient (Wildman–Crippen LogP) is 2.18. The third-order valence-electron chi connectivity index (χ3n) is 6.73. The fourth-order valence-corrected chi connectivity index (χ4v) is 4.96. The Labute approximate surface area is 209 Å². The molecule has 5 N–H and O–H groups in total. The summed E-state index contributed by atoms with van der Waals surface area (Å²) in [6, 6.07) is 0.342. The van der Waals surface area contributed by atoms with E-state index in [0.29, 0.717) is 12.5 Å². The Morgan fingerprint density at radius 1 is 1.14 bits per heavy atom. The van der Waals surface area contributed by atoms with Crippen molar-refractivity contribution >= 4 is 29.0 Å². The molecule has 3 atom stereocenters. The normalized spacial score (nSPS) is 22.8. The van der Waals surface area contributed by atoms with Gasteiger partial charge in [-0.15, -0.1) is 0 Å². The van der Waals surface area contributed by atoms with Gasteiger partial charge < -0.3 is 26.6 Å². The van der Waals surface area contributed by atoms with E-state index >= 15 is 0 Å². The Morgan fingerprint density at radius 2 is 1.89 bits per heavy atom. The van der Waals surface area contributed by atoms with Gasteiger partial charge in [0.25, 0.3) is 0 Å². The van der Waals surface area contributed by atoms with Crippen LogP contribution in [0.4, 0.5) is 39.3 Å². The molecule has 200 valence electrons. The molecule has 1 aromatic carbocycles. The van der Waals surface area contributed by atoms with E-state index in [1.807, 2.05) is 0 Å². The van der Waals surface area contributed by atoms with Crippen LogP contribution in [0.1, 0.15) is 24.8 Å². The number of nitrogens with two attached hydrogens (primary N) is 2. The average molecular weight is 527 g/mol. The first-order valence-corrected chi connectivity index (χ1v) is 11.7. The molecule has 0 unspecified atom stereocenters. The van der Waals surface area contributed by atoms with Gasteiger partial charge in [-0.25, -0.2) is 14.4 Å². The van der Waals surface area contributed by atoms with E-state index in [-0.39, 0.29) is 62.1 Å². The molecule has 2 aliphatic heterocycles. The lowest BCUT2D eigenvalue weighted by Crippen LogP contribution is -2.61. The first kappa shape index (κ1) is 26.5. The number of nitrogens with zero attached hydrogens (tertiary/aromatic N) is 4. The van der Waals surface area contributed by atoms with Gasteiger partial charge in [0, 0.05) is 31.2 Å². The lowest BCUT2D eigenvalue weighted by Gasteiger charge is -2.46. The van der Waals surface area contributed by atoms with Crippen molar-refractivity contribution in [2.24, 2.45) is 11.7 Å². The molecule has 4 rings (SSSR count). The van der Waals surface area contributed by atoms with Crippen molar-refractivity contribution in [1.82, 2.24) is 14.9 Å². The SMILES string of the molecule is NCC(=O)[C@H]1CCN(c2ncnc(N)c2F)C[C@@H]1N1CCC[C@@H](Nc2cc(F)cc(C(F)(F)F)c2)C1=O. The van der Waals surface area contributed by atoms with Crippen molar-refractivity contribution in [1.29, 1.82) is 0 Å². The van der Waals surface area contributed by atoms with E-state index in [0.717, 1.165) is 18.5 Å². The molecular formula is C23H26F5N7O2. The monoisotopic (exact) mass is 527 g/mol. The van der Waals surface area contributed by atoms with Crippen molar-refractivity contribution in [2.45, 2.75) is 37.5 Å². The van der Waals surface area contributed by atoms with Gasteiger partial charge in [-0.2, -0.15) is 17.6 Å². The van der Waals surface area contributed by atoms with Crippen LogP contribution < -0.4 is 21.7 Å². The first-order chi connectivity index (χ1) is 17.5. The summed E-state index contributed by atoms with van der Waals surface area (Å²) in [5, 5.41) is 2.72. The number of piperidine rings is 2. The lowest BCUT2D eigenvalue weighted by atomic mass is 9.85. The maximum absolute atomic E-state index is 14.6. The summed E-state index contributed by atoms with van der Waals surface area (Å²) < 4.78 is 67.9. The second kappa shape index (κ2) is 10.4. The van der Waals surface area contributed by atoms with Crippen molar-refractivity contribution in [3.8, 4) is 0 Å².